The molecule has 160 valence electrons. The first-order valence-electron chi connectivity index (χ1n) is 9.41. The van der Waals surface area contributed by atoms with E-state index in [0.717, 1.165) is 23.1 Å². The summed E-state index contributed by atoms with van der Waals surface area (Å²) in [6, 6.07) is 16.7. The van der Waals surface area contributed by atoms with Crippen LogP contribution in [0.5, 0.6) is 0 Å². The number of imide groups is 1. The SMILES string of the molecule is CN(C1=C(c2ccc([N+](=O)[O-])cc2)C(=O)N(c2ccc(F)c(F)c2)C1=O)c1ccccc1. The van der Waals surface area contributed by atoms with Crippen molar-refractivity contribution in [3.8, 4) is 0 Å². The largest absolute Gasteiger partial charge is 0.339 e. The van der Waals surface area contributed by atoms with Gasteiger partial charge in [-0.3, -0.25) is 19.7 Å². The monoisotopic (exact) mass is 435 g/mol. The van der Waals surface area contributed by atoms with Crippen molar-refractivity contribution in [1.29, 1.82) is 0 Å². The molecule has 0 fully saturated rings. The van der Waals surface area contributed by atoms with Crippen molar-refractivity contribution in [3.63, 3.8) is 0 Å². The number of benzene rings is 3. The van der Waals surface area contributed by atoms with Crippen LogP contribution in [0.25, 0.3) is 5.57 Å². The fourth-order valence-corrected chi connectivity index (χ4v) is 3.48. The standard InChI is InChI=1S/C23H15F2N3O4/c1-26(15-5-3-2-4-6-15)21-20(14-7-9-16(10-8-14)28(31)32)22(29)27(23(21)30)17-11-12-18(24)19(25)13-17/h2-13H,1H3. The van der Waals surface area contributed by atoms with Gasteiger partial charge in [-0.2, -0.15) is 0 Å². The van der Waals surface area contributed by atoms with E-state index in [1.54, 1.807) is 37.4 Å². The number of halogens is 2. The van der Waals surface area contributed by atoms with Crippen LogP contribution in [0.1, 0.15) is 5.56 Å². The van der Waals surface area contributed by atoms with Crippen LogP contribution >= 0.6 is 0 Å². The highest BCUT2D eigenvalue weighted by Gasteiger charge is 2.42. The van der Waals surface area contributed by atoms with E-state index in [0.29, 0.717) is 5.69 Å². The van der Waals surface area contributed by atoms with Crippen LogP contribution in [-0.2, 0) is 9.59 Å². The summed E-state index contributed by atoms with van der Waals surface area (Å²) in [6.07, 6.45) is 0. The third-order valence-electron chi connectivity index (χ3n) is 5.07. The number of nitrogens with zero attached hydrogens (tertiary/aromatic N) is 3. The quantitative estimate of drug-likeness (QED) is 0.339. The van der Waals surface area contributed by atoms with Crippen LogP contribution in [0.3, 0.4) is 0 Å². The van der Waals surface area contributed by atoms with Gasteiger partial charge >= 0.3 is 0 Å². The molecule has 0 N–H and O–H groups in total. The number of amides is 2. The van der Waals surface area contributed by atoms with Gasteiger partial charge in [-0.25, -0.2) is 13.7 Å². The van der Waals surface area contributed by atoms with Crippen molar-refractivity contribution in [2.24, 2.45) is 0 Å². The Bertz CT molecular complexity index is 1270. The van der Waals surface area contributed by atoms with Gasteiger partial charge in [0, 0.05) is 30.9 Å². The zero-order chi connectivity index (χ0) is 23.0. The minimum Gasteiger partial charge on any atom is -0.339 e. The summed E-state index contributed by atoms with van der Waals surface area (Å²) in [7, 11) is 1.59. The molecule has 0 spiro atoms. The molecule has 3 aromatic rings. The summed E-state index contributed by atoms with van der Waals surface area (Å²) in [5.41, 5.74) is 0.559. The zero-order valence-electron chi connectivity index (χ0n) is 16.7. The summed E-state index contributed by atoms with van der Waals surface area (Å²) < 4.78 is 27.2. The molecule has 1 aliphatic heterocycles. The van der Waals surface area contributed by atoms with Crippen LogP contribution in [-0.4, -0.2) is 23.8 Å². The van der Waals surface area contributed by atoms with E-state index in [4.69, 9.17) is 0 Å². The molecule has 0 bridgehead atoms. The Labute approximate surface area is 181 Å². The first-order valence-corrected chi connectivity index (χ1v) is 9.41. The molecule has 4 rings (SSSR count). The second kappa shape index (κ2) is 8.03. The van der Waals surface area contributed by atoms with Crippen molar-refractivity contribution in [2.75, 3.05) is 16.8 Å². The predicted molar refractivity (Wildman–Crippen MR) is 114 cm³/mol. The normalized spacial score (nSPS) is 13.7. The van der Waals surface area contributed by atoms with Gasteiger partial charge in [0.2, 0.25) is 0 Å². The van der Waals surface area contributed by atoms with Gasteiger partial charge in [0.1, 0.15) is 5.70 Å². The Kier molecular flexibility index (Phi) is 5.23. The third-order valence-corrected chi connectivity index (χ3v) is 5.07. The maximum atomic E-state index is 13.8. The smallest absolute Gasteiger partial charge is 0.282 e. The van der Waals surface area contributed by atoms with Gasteiger partial charge in [0.05, 0.1) is 16.2 Å². The molecule has 0 saturated carbocycles. The Balaban J connectivity index is 1.87. The molecule has 0 radical (unpaired) electrons. The van der Waals surface area contributed by atoms with Crippen molar-refractivity contribution >= 4 is 34.4 Å². The van der Waals surface area contributed by atoms with E-state index < -0.39 is 28.4 Å². The number of hydrogen-bond donors (Lipinski definition) is 0. The van der Waals surface area contributed by atoms with Gasteiger partial charge in [-0.05, 0) is 42.0 Å². The zero-order valence-corrected chi connectivity index (χ0v) is 16.7. The summed E-state index contributed by atoms with van der Waals surface area (Å²) in [6.45, 7) is 0. The van der Waals surface area contributed by atoms with Crippen LogP contribution in [0.15, 0.2) is 78.5 Å². The van der Waals surface area contributed by atoms with Gasteiger partial charge in [-0.15, -0.1) is 0 Å². The lowest BCUT2D eigenvalue weighted by molar-refractivity contribution is -0.384. The first-order chi connectivity index (χ1) is 15.3. The minimum absolute atomic E-state index is 0.000198. The number of non-ortho nitro benzene ring substituents is 1. The molecule has 32 heavy (non-hydrogen) atoms. The number of carbonyl (C=O) groups excluding carboxylic acids is 2. The van der Waals surface area contributed by atoms with Gasteiger partial charge < -0.3 is 4.90 Å². The Morgan fingerprint density at radius 2 is 1.53 bits per heavy atom. The third kappa shape index (κ3) is 3.49. The van der Waals surface area contributed by atoms with E-state index >= 15 is 0 Å². The highest BCUT2D eigenvalue weighted by Crippen LogP contribution is 2.36. The number of para-hydroxylation sites is 1. The van der Waals surface area contributed by atoms with Crippen molar-refractivity contribution in [3.05, 3.63) is 106 Å². The second-order valence-corrected chi connectivity index (χ2v) is 6.97. The minimum atomic E-state index is -1.20. The lowest BCUT2D eigenvalue weighted by Gasteiger charge is -2.21. The van der Waals surface area contributed by atoms with Crippen LogP contribution in [0, 0.1) is 21.7 Å². The van der Waals surface area contributed by atoms with Crippen LogP contribution < -0.4 is 9.80 Å². The van der Waals surface area contributed by atoms with E-state index in [-0.39, 0.29) is 28.2 Å². The lowest BCUT2D eigenvalue weighted by Crippen LogP contribution is -2.34. The average Bonchev–Trinajstić information content (AvgIpc) is 3.05. The summed E-state index contributed by atoms with van der Waals surface area (Å²) in [5.74, 6) is -3.81. The topological polar surface area (TPSA) is 83.8 Å². The average molecular weight is 435 g/mol. The molecular weight excluding hydrogens is 420 g/mol. The number of hydrogen-bond acceptors (Lipinski definition) is 5. The number of nitro benzene ring substituents is 1. The number of rotatable bonds is 5. The first kappa shape index (κ1) is 20.9. The highest BCUT2D eigenvalue weighted by molar-refractivity contribution is 6.46. The fraction of sp³-hybridized carbons (Fsp3) is 0.0435. The van der Waals surface area contributed by atoms with Crippen LogP contribution in [0.2, 0.25) is 0 Å². The molecule has 3 aromatic carbocycles. The molecule has 0 atom stereocenters. The van der Waals surface area contributed by atoms with Crippen molar-refractivity contribution < 1.29 is 23.3 Å². The van der Waals surface area contributed by atoms with E-state index in [1.807, 2.05) is 0 Å². The molecule has 2 amide bonds. The van der Waals surface area contributed by atoms with Crippen molar-refractivity contribution in [2.45, 2.75) is 0 Å². The summed E-state index contributed by atoms with van der Waals surface area (Å²) in [5, 5.41) is 11.0. The maximum absolute atomic E-state index is 13.8. The molecular formula is C23H15F2N3O4. The molecule has 1 aliphatic rings. The number of carbonyl (C=O) groups is 2. The van der Waals surface area contributed by atoms with Gasteiger partial charge in [0.15, 0.2) is 11.6 Å². The highest BCUT2D eigenvalue weighted by atomic mass is 19.2. The number of likely N-dealkylation sites (N-methyl/N-ethyl adjacent to an activating group) is 1. The maximum Gasteiger partial charge on any atom is 0.282 e. The number of nitro groups is 1. The van der Waals surface area contributed by atoms with Crippen LogP contribution in [0.4, 0.5) is 25.8 Å². The summed E-state index contributed by atoms with van der Waals surface area (Å²) >= 11 is 0. The van der Waals surface area contributed by atoms with E-state index in [2.05, 4.69) is 0 Å². The lowest BCUT2D eigenvalue weighted by atomic mass is 10.0. The Morgan fingerprint density at radius 1 is 0.875 bits per heavy atom. The fourth-order valence-electron chi connectivity index (χ4n) is 3.48. The second-order valence-electron chi connectivity index (χ2n) is 6.97. The van der Waals surface area contributed by atoms with E-state index in [1.165, 1.54) is 29.2 Å². The molecule has 0 unspecified atom stereocenters. The Hall–Kier alpha value is -4.40. The predicted octanol–water partition coefficient (Wildman–Crippen LogP) is 4.29. The van der Waals surface area contributed by atoms with Crippen molar-refractivity contribution in [1.82, 2.24) is 0 Å². The molecule has 0 aliphatic carbocycles. The Morgan fingerprint density at radius 3 is 2.12 bits per heavy atom. The number of anilines is 2. The summed E-state index contributed by atoms with van der Waals surface area (Å²) in [4.78, 5) is 39.4. The molecule has 0 aromatic heterocycles. The molecule has 7 nitrogen and oxygen atoms in total. The molecule has 9 heteroatoms. The van der Waals surface area contributed by atoms with Gasteiger partial charge in [-0.1, -0.05) is 18.2 Å². The van der Waals surface area contributed by atoms with E-state index in [9.17, 15) is 28.5 Å². The molecule has 0 saturated heterocycles. The van der Waals surface area contributed by atoms with Gasteiger partial charge in [0.25, 0.3) is 17.5 Å². The molecule has 1 heterocycles.